The molecule has 0 saturated carbocycles. The van der Waals surface area contributed by atoms with Crippen LogP contribution in [0.3, 0.4) is 0 Å². The van der Waals surface area contributed by atoms with Crippen LogP contribution in [0.5, 0.6) is 5.75 Å². The highest BCUT2D eigenvalue weighted by atomic mass is 35.5. The van der Waals surface area contributed by atoms with Crippen LogP contribution in [0.4, 0.5) is 4.39 Å². The number of hydrogen-bond acceptors (Lipinski definition) is 2. The van der Waals surface area contributed by atoms with Gasteiger partial charge < -0.3 is 9.84 Å². The second kappa shape index (κ2) is 6.04. The quantitative estimate of drug-likeness (QED) is 0.920. The highest BCUT2D eigenvalue weighted by Gasteiger charge is 2.10. The van der Waals surface area contributed by atoms with Crippen LogP contribution in [0.15, 0.2) is 42.5 Å². The smallest absolute Gasteiger partial charge is 0.138 e. The summed E-state index contributed by atoms with van der Waals surface area (Å²) in [5.74, 6) is 0.196. The first-order valence-corrected chi connectivity index (χ1v) is 6.26. The van der Waals surface area contributed by atoms with Crippen LogP contribution < -0.4 is 4.74 Å². The molecule has 2 rings (SSSR count). The number of rotatable bonds is 4. The van der Waals surface area contributed by atoms with Crippen molar-refractivity contribution in [1.82, 2.24) is 0 Å². The lowest BCUT2D eigenvalue weighted by molar-refractivity contribution is 0.108. The Morgan fingerprint density at radius 1 is 1.21 bits per heavy atom. The van der Waals surface area contributed by atoms with Crippen molar-refractivity contribution in [2.75, 3.05) is 6.61 Å². The maximum absolute atomic E-state index is 12.8. The zero-order valence-electron chi connectivity index (χ0n) is 10.4. The highest BCUT2D eigenvalue weighted by Crippen LogP contribution is 2.26. The van der Waals surface area contributed by atoms with E-state index in [2.05, 4.69) is 0 Å². The number of aliphatic hydroxyl groups is 1. The minimum atomic E-state index is -0.822. The number of halogens is 2. The van der Waals surface area contributed by atoms with Gasteiger partial charge >= 0.3 is 0 Å². The Morgan fingerprint density at radius 2 is 1.89 bits per heavy atom. The van der Waals surface area contributed by atoms with Gasteiger partial charge in [-0.15, -0.1) is 0 Å². The third-order valence-corrected chi connectivity index (χ3v) is 3.05. The van der Waals surface area contributed by atoms with Crippen LogP contribution in [0.25, 0.3) is 0 Å². The van der Waals surface area contributed by atoms with E-state index in [1.165, 1.54) is 24.3 Å². The van der Waals surface area contributed by atoms with E-state index in [1.807, 2.05) is 13.0 Å². The molecular weight excluding hydrogens is 267 g/mol. The molecule has 0 bridgehead atoms. The van der Waals surface area contributed by atoms with Crippen LogP contribution in [0.2, 0.25) is 5.02 Å². The number of aliphatic hydroxyl groups excluding tert-OH is 1. The molecule has 2 aromatic carbocycles. The summed E-state index contributed by atoms with van der Waals surface area (Å²) in [6.07, 6.45) is -0.822. The molecule has 2 nitrogen and oxygen atoms in total. The minimum Gasteiger partial charge on any atom is -0.489 e. The Kier molecular flexibility index (Phi) is 4.40. The molecule has 100 valence electrons. The van der Waals surface area contributed by atoms with Gasteiger partial charge in [-0.3, -0.25) is 0 Å². The van der Waals surface area contributed by atoms with E-state index in [9.17, 15) is 9.50 Å². The van der Waals surface area contributed by atoms with E-state index < -0.39 is 6.10 Å². The lowest BCUT2D eigenvalue weighted by Crippen LogP contribution is -2.10. The first-order chi connectivity index (χ1) is 9.06. The SMILES string of the molecule is Cc1ccc(Cl)c(OCC(O)c2ccc(F)cc2)c1. The van der Waals surface area contributed by atoms with Gasteiger partial charge in [0.25, 0.3) is 0 Å². The normalized spacial score (nSPS) is 12.2. The van der Waals surface area contributed by atoms with E-state index in [4.69, 9.17) is 16.3 Å². The molecule has 19 heavy (non-hydrogen) atoms. The van der Waals surface area contributed by atoms with Crippen LogP contribution in [-0.4, -0.2) is 11.7 Å². The fourth-order valence-corrected chi connectivity index (χ4v) is 1.84. The van der Waals surface area contributed by atoms with E-state index in [0.717, 1.165) is 5.56 Å². The number of hydrogen-bond donors (Lipinski definition) is 1. The first kappa shape index (κ1) is 13.8. The molecule has 4 heteroatoms. The van der Waals surface area contributed by atoms with E-state index in [0.29, 0.717) is 16.3 Å². The fraction of sp³-hybridized carbons (Fsp3) is 0.200. The van der Waals surface area contributed by atoms with Gasteiger partial charge in [-0.25, -0.2) is 4.39 Å². The summed E-state index contributed by atoms with van der Waals surface area (Å²) >= 11 is 5.99. The second-order valence-corrected chi connectivity index (χ2v) is 4.72. The number of aryl methyl sites for hydroxylation is 1. The summed E-state index contributed by atoms with van der Waals surface area (Å²) in [7, 11) is 0. The van der Waals surface area contributed by atoms with Crippen LogP contribution in [0, 0.1) is 12.7 Å². The third-order valence-electron chi connectivity index (χ3n) is 2.74. The molecule has 0 aliphatic carbocycles. The zero-order valence-corrected chi connectivity index (χ0v) is 11.2. The summed E-state index contributed by atoms with van der Waals surface area (Å²) in [5, 5.41) is 10.4. The highest BCUT2D eigenvalue weighted by molar-refractivity contribution is 6.32. The topological polar surface area (TPSA) is 29.5 Å². The van der Waals surface area contributed by atoms with Crippen molar-refractivity contribution in [2.24, 2.45) is 0 Å². The van der Waals surface area contributed by atoms with Crippen molar-refractivity contribution in [1.29, 1.82) is 0 Å². The molecule has 0 heterocycles. The Balaban J connectivity index is 2.02. The molecule has 0 radical (unpaired) electrons. The summed E-state index contributed by atoms with van der Waals surface area (Å²) < 4.78 is 18.3. The Labute approximate surface area is 116 Å². The Hall–Kier alpha value is -1.58. The Bertz CT molecular complexity index is 555. The van der Waals surface area contributed by atoms with E-state index in [1.54, 1.807) is 12.1 Å². The van der Waals surface area contributed by atoms with Gasteiger partial charge in [0.2, 0.25) is 0 Å². The van der Waals surface area contributed by atoms with Gasteiger partial charge in [-0.05, 0) is 42.3 Å². The van der Waals surface area contributed by atoms with E-state index in [-0.39, 0.29) is 12.4 Å². The molecular formula is C15H14ClFO2. The maximum Gasteiger partial charge on any atom is 0.138 e. The van der Waals surface area contributed by atoms with Crippen LogP contribution in [0.1, 0.15) is 17.2 Å². The number of benzene rings is 2. The minimum absolute atomic E-state index is 0.0643. The molecule has 0 aromatic heterocycles. The van der Waals surface area contributed by atoms with Crippen molar-refractivity contribution < 1.29 is 14.2 Å². The lowest BCUT2D eigenvalue weighted by atomic mass is 10.1. The van der Waals surface area contributed by atoms with Gasteiger partial charge in [0.15, 0.2) is 0 Å². The van der Waals surface area contributed by atoms with Crippen molar-refractivity contribution in [3.8, 4) is 5.75 Å². The molecule has 1 atom stereocenters. The van der Waals surface area contributed by atoms with Crippen LogP contribution in [-0.2, 0) is 0 Å². The third kappa shape index (κ3) is 3.69. The average molecular weight is 281 g/mol. The van der Waals surface area contributed by atoms with Gasteiger partial charge in [0, 0.05) is 0 Å². The first-order valence-electron chi connectivity index (χ1n) is 5.89. The molecule has 1 N–H and O–H groups in total. The van der Waals surface area contributed by atoms with Gasteiger partial charge in [-0.2, -0.15) is 0 Å². The monoisotopic (exact) mass is 280 g/mol. The predicted molar refractivity (Wildman–Crippen MR) is 73.0 cm³/mol. The van der Waals surface area contributed by atoms with Crippen molar-refractivity contribution in [3.63, 3.8) is 0 Å². The van der Waals surface area contributed by atoms with Gasteiger partial charge in [0.1, 0.15) is 24.3 Å². The fourth-order valence-electron chi connectivity index (χ4n) is 1.67. The molecule has 0 aliphatic rings. The maximum atomic E-state index is 12.8. The molecule has 0 amide bonds. The standard InChI is InChI=1S/C15H14ClFO2/c1-10-2-7-13(16)15(8-10)19-9-14(18)11-3-5-12(17)6-4-11/h2-8,14,18H,9H2,1H3. The number of ether oxygens (including phenoxy) is 1. The summed E-state index contributed by atoms with van der Waals surface area (Å²) in [5.41, 5.74) is 1.63. The second-order valence-electron chi connectivity index (χ2n) is 4.31. The Morgan fingerprint density at radius 3 is 2.58 bits per heavy atom. The average Bonchev–Trinajstić information content (AvgIpc) is 2.40. The summed E-state index contributed by atoms with van der Waals surface area (Å²) in [6.45, 7) is 1.99. The predicted octanol–water partition coefficient (Wildman–Crippen LogP) is 3.90. The zero-order chi connectivity index (χ0) is 13.8. The summed E-state index contributed by atoms with van der Waals surface area (Å²) in [4.78, 5) is 0. The largest absolute Gasteiger partial charge is 0.489 e. The molecule has 1 unspecified atom stereocenters. The molecule has 2 aromatic rings. The van der Waals surface area contributed by atoms with Gasteiger partial charge in [0.05, 0.1) is 5.02 Å². The molecule has 0 aliphatic heterocycles. The van der Waals surface area contributed by atoms with E-state index >= 15 is 0 Å². The van der Waals surface area contributed by atoms with Crippen molar-refractivity contribution in [3.05, 3.63) is 64.4 Å². The summed E-state index contributed by atoms with van der Waals surface area (Å²) in [6, 6.07) is 11.1. The molecule has 0 saturated heterocycles. The van der Waals surface area contributed by atoms with Gasteiger partial charge in [-0.1, -0.05) is 29.8 Å². The van der Waals surface area contributed by atoms with Crippen molar-refractivity contribution >= 4 is 11.6 Å². The van der Waals surface area contributed by atoms with Crippen LogP contribution >= 0.6 is 11.6 Å². The molecule has 0 spiro atoms. The van der Waals surface area contributed by atoms with Crippen molar-refractivity contribution in [2.45, 2.75) is 13.0 Å². The lowest BCUT2D eigenvalue weighted by Gasteiger charge is -2.14. The molecule has 0 fully saturated rings.